The van der Waals surface area contributed by atoms with Crippen molar-refractivity contribution in [3.05, 3.63) is 34.6 Å². The Balaban J connectivity index is 2.32. The molecule has 0 aliphatic rings. The van der Waals surface area contributed by atoms with Crippen molar-refractivity contribution in [2.45, 2.75) is 6.54 Å². The van der Waals surface area contributed by atoms with Gasteiger partial charge in [-0.1, -0.05) is 0 Å². The number of quaternary nitrogens is 1. The van der Waals surface area contributed by atoms with Gasteiger partial charge in [-0.05, 0) is 0 Å². The van der Waals surface area contributed by atoms with Gasteiger partial charge in [-0.3, -0.25) is 0 Å². The van der Waals surface area contributed by atoms with Gasteiger partial charge >= 0.3 is 101 Å². The molecule has 0 fully saturated rings. The summed E-state index contributed by atoms with van der Waals surface area (Å²) in [6, 6.07) is 7.96. The third kappa shape index (κ3) is 2.46. The third-order valence-electron chi connectivity index (χ3n) is 2.53. The van der Waals surface area contributed by atoms with Gasteiger partial charge in [0.05, 0.1) is 0 Å². The molecular formula is C12H17N2OSe+. The number of nitrogens with zero attached hydrogens (tertiary/aromatic N) is 2. The maximum atomic E-state index is 12.0. The van der Waals surface area contributed by atoms with Gasteiger partial charge in [-0.2, -0.15) is 0 Å². The van der Waals surface area contributed by atoms with Crippen LogP contribution in [0.5, 0.6) is 0 Å². The van der Waals surface area contributed by atoms with Crippen LogP contribution in [0, 0.1) is 0 Å². The van der Waals surface area contributed by atoms with Gasteiger partial charge in [0.25, 0.3) is 0 Å². The zero-order valence-corrected chi connectivity index (χ0v) is 11.6. The number of hydrogen-bond donors (Lipinski definition) is 0. The summed E-state index contributed by atoms with van der Waals surface area (Å²) in [6.45, 7) is 1.86. The summed E-state index contributed by atoms with van der Waals surface area (Å²) in [5, 5.41) is 0.906. The van der Waals surface area contributed by atoms with Crippen LogP contribution in [0.3, 0.4) is 0 Å². The fourth-order valence-electron chi connectivity index (χ4n) is 1.56. The summed E-state index contributed by atoms with van der Waals surface area (Å²) >= 11 is 0.183. The van der Waals surface area contributed by atoms with Gasteiger partial charge in [0.15, 0.2) is 0 Å². The second-order valence-electron chi connectivity index (χ2n) is 5.01. The molecule has 0 bridgehead atoms. The van der Waals surface area contributed by atoms with Crippen molar-refractivity contribution >= 4 is 24.4 Å². The van der Waals surface area contributed by atoms with Crippen LogP contribution in [0.4, 0.5) is 0 Å². The van der Waals surface area contributed by atoms with E-state index in [9.17, 15) is 4.79 Å². The number of rotatable bonds is 3. The Labute approximate surface area is 101 Å². The topological polar surface area (TPSA) is 22.0 Å². The molecule has 1 aromatic carbocycles. The Morgan fingerprint density at radius 1 is 1.25 bits per heavy atom. The first-order valence-corrected chi connectivity index (χ1v) is 6.99. The summed E-state index contributed by atoms with van der Waals surface area (Å²) in [5.74, 6) is 0. The molecule has 0 amide bonds. The average Bonchev–Trinajstić information content (AvgIpc) is 2.53. The first kappa shape index (κ1) is 11.6. The fourth-order valence-corrected chi connectivity index (χ4v) is 3.62. The molecule has 0 spiro atoms. The number of benzene rings is 1. The molecule has 2 aromatic rings. The van der Waals surface area contributed by atoms with E-state index in [1.165, 1.54) is 4.26 Å². The monoisotopic (exact) mass is 285 g/mol. The van der Waals surface area contributed by atoms with Crippen molar-refractivity contribution in [3.8, 4) is 0 Å². The Morgan fingerprint density at radius 2 is 1.94 bits per heavy atom. The molecule has 2 rings (SSSR count). The van der Waals surface area contributed by atoms with Crippen molar-refractivity contribution < 1.29 is 4.48 Å². The second-order valence-corrected chi connectivity index (χ2v) is 7.24. The van der Waals surface area contributed by atoms with Gasteiger partial charge in [0.2, 0.25) is 0 Å². The van der Waals surface area contributed by atoms with Crippen LogP contribution in [0.1, 0.15) is 0 Å². The zero-order valence-electron chi connectivity index (χ0n) is 9.93. The van der Waals surface area contributed by atoms with E-state index in [0.29, 0.717) is 0 Å². The van der Waals surface area contributed by atoms with E-state index >= 15 is 0 Å². The van der Waals surface area contributed by atoms with Crippen LogP contribution in [0.2, 0.25) is 0 Å². The number of likely N-dealkylation sites (N-methyl/N-ethyl adjacent to an activating group) is 1. The Hall–Kier alpha value is -0.831. The first-order valence-electron chi connectivity index (χ1n) is 5.37. The minimum atomic E-state index is 0.183. The normalized spacial score (nSPS) is 12.2. The number of fused-ring (bicyclic) bond motifs is 1. The van der Waals surface area contributed by atoms with E-state index in [0.717, 1.165) is 23.0 Å². The standard InChI is InChI=1S/C12H17N2OSe/c1-14(2,3)9-8-13-12(15)10-6-4-5-7-11(10)16-13/h4-7H,8-9H2,1-3H3/q+1. The van der Waals surface area contributed by atoms with Crippen molar-refractivity contribution in [3.63, 3.8) is 0 Å². The van der Waals surface area contributed by atoms with Crippen LogP contribution in [0.25, 0.3) is 9.65 Å². The van der Waals surface area contributed by atoms with E-state index in [2.05, 4.69) is 27.2 Å². The second kappa shape index (κ2) is 4.21. The quantitative estimate of drug-likeness (QED) is 0.602. The van der Waals surface area contributed by atoms with E-state index in [4.69, 9.17) is 0 Å². The van der Waals surface area contributed by atoms with E-state index in [1.807, 2.05) is 21.8 Å². The van der Waals surface area contributed by atoms with Gasteiger partial charge in [-0.15, -0.1) is 0 Å². The first-order chi connectivity index (χ1) is 7.47. The molecule has 86 valence electrons. The van der Waals surface area contributed by atoms with Crippen LogP contribution >= 0.6 is 0 Å². The molecular weight excluding hydrogens is 267 g/mol. The van der Waals surface area contributed by atoms with Crippen molar-refractivity contribution in [1.29, 1.82) is 0 Å². The van der Waals surface area contributed by atoms with Gasteiger partial charge < -0.3 is 0 Å². The van der Waals surface area contributed by atoms with Crippen LogP contribution in [-0.2, 0) is 6.54 Å². The van der Waals surface area contributed by atoms with Crippen LogP contribution in [0.15, 0.2) is 29.1 Å². The molecule has 0 radical (unpaired) electrons. The number of hydrogen-bond acceptors (Lipinski definition) is 1. The molecule has 16 heavy (non-hydrogen) atoms. The van der Waals surface area contributed by atoms with Crippen molar-refractivity contribution in [2.24, 2.45) is 0 Å². The Bertz CT molecular complexity index is 548. The molecule has 1 aromatic heterocycles. The van der Waals surface area contributed by atoms with Gasteiger partial charge in [0.1, 0.15) is 0 Å². The Kier molecular flexibility index (Phi) is 3.06. The molecule has 0 saturated heterocycles. The Morgan fingerprint density at radius 3 is 2.56 bits per heavy atom. The molecule has 0 atom stereocenters. The van der Waals surface area contributed by atoms with Gasteiger partial charge in [0, 0.05) is 0 Å². The molecule has 0 aliphatic heterocycles. The maximum absolute atomic E-state index is 12.0. The van der Waals surface area contributed by atoms with Crippen molar-refractivity contribution in [2.75, 3.05) is 27.7 Å². The SMILES string of the molecule is C[N+](C)(C)CCn1[se]c2ccccc2c1=O. The predicted molar refractivity (Wildman–Crippen MR) is 68.0 cm³/mol. The van der Waals surface area contributed by atoms with Crippen LogP contribution < -0.4 is 5.56 Å². The zero-order chi connectivity index (χ0) is 11.8. The molecule has 0 N–H and O–H groups in total. The van der Waals surface area contributed by atoms with E-state index in [-0.39, 0.29) is 20.3 Å². The summed E-state index contributed by atoms with van der Waals surface area (Å²) in [4.78, 5) is 12.0. The van der Waals surface area contributed by atoms with E-state index < -0.39 is 0 Å². The molecule has 0 aliphatic carbocycles. The number of aromatic nitrogens is 1. The third-order valence-corrected chi connectivity index (χ3v) is 4.88. The van der Waals surface area contributed by atoms with Crippen molar-refractivity contribution in [1.82, 2.24) is 3.56 Å². The molecule has 0 saturated carbocycles. The minimum absolute atomic E-state index is 0.183. The average molecular weight is 284 g/mol. The summed E-state index contributed by atoms with van der Waals surface area (Å²) < 4.78 is 4.12. The van der Waals surface area contributed by atoms with Gasteiger partial charge in [-0.25, -0.2) is 0 Å². The molecule has 0 unspecified atom stereocenters. The fraction of sp³-hybridized carbons (Fsp3) is 0.417. The summed E-state index contributed by atoms with van der Waals surface area (Å²) in [6.07, 6.45) is 0. The van der Waals surface area contributed by atoms with Crippen LogP contribution in [-0.4, -0.2) is 50.5 Å². The molecule has 3 nitrogen and oxygen atoms in total. The molecule has 4 heteroatoms. The summed E-state index contributed by atoms with van der Waals surface area (Å²) in [5.41, 5.74) is 0.212. The van der Waals surface area contributed by atoms with E-state index in [1.54, 1.807) is 0 Å². The predicted octanol–water partition coefficient (Wildman–Crippen LogP) is 0.765. The molecule has 1 heterocycles. The summed E-state index contributed by atoms with van der Waals surface area (Å²) in [7, 11) is 6.46.